The molecule has 0 aliphatic heterocycles. The van der Waals surface area contributed by atoms with Crippen molar-refractivity contribution < 1.29 is 8.42 Å². The summed E-state index contributed by atoms with van der Waals surface area (Å²) in [5.41, 5.74) is 1.62. The summed E-state index contributed by atoms with van der Waals surface area (Å²) < 4.78 is 24.1. The van der Waals surface area contributed by atoms with Crippen molar-refractivity contribution in [3.63, 3.8) is 0 Å². The van der Waals surface area contributed by atoms with Gasteiger partial charge in [0, 0.05) is 43.0 Å². The third kappa shape index (κ3) is 4.79. The number of anilines is 3. The molecule has 0 unspecified atom stereocenters. The Labute approximate surface area is 159 Å². The van der Waals surface area contributed by atoms with Crippen LogP contribution in [0.5, 0.6) is 0 Å². The Hall–Kier alpha value is -2.46. The first-order valence-electron chi connectivity index (χ1n) is 7.72. The largest absolute Gasteiger partial charge is 0.369 e. The predicted octanol–water partition coefficient (Wildman–Crippen LogP) is 2.76. The topological polar surface area (TPSA) is 113 Å². The van der Waals surface area contributed by atoms with E-state index in [1.54, 1.807) is 43.0 Å². The molecule has 3 aromatic rings. The third-order valence-corrected chi connectivity index (χ3v) is 5.19. The SMILES string of the molecule is CS(=O)(=O)c1cccc(Nc2ncc(Br)c(NCCc3cnc[nH]3)n2)c1. The Morgan fingerprint density at radius 1 is 1.27 bits per heavy atom. The summed E-state index contributed by atoms with van der Waals surface area (Å²) in [6, 6.07) is 6.52. The fourth-order valence-corrected chi connectivity index (χ4v) is 3.22. The number of nitrogens with zero attached hydrogens (tertiary/aromatic N) is 3. The summed E-state index contributed by atoms with van der Waals surface area (Å²) in [7, 11) is -3.27. The summed E-state index contributed by atoms with van der Waals surface area (Å²) in [6.07, 6.45) is 6.99. The number of nitrogens with one attached hydrogen (secondary N) is 3. The van der Waals surface area contributed by atoms with Crippen LogP contribution in [0.2, 0.25) is 0 Å². The van der Waals surface area contributed by atoms with Crippen molar-refractivity contribution in [2.24, 2.45) is 0 Å². The van der Waals surface area contributed by atoms with Gasteiger partial charge in [0.25, 0.3) is 0 Å². The van der Waals surface area contributed by atoms with E-state index in [9.17, 15) is 8.42 Å². The van der Waals surface area contributed by atoms with E-state index in [0.29, 0.717) is 24.0 Å². The molecule has 1 aromatic carbocycles. The van der Waals surface area contributed by atoms with Crippen LogP contribution >= 0.6 is 15.9 Å². The second-order valence-corrected chi connectivity index (χ2v) is 8.44. The molecule has 136 valence electrons. The number of halogens is 1. The van der Waals surface area contributed by atoms with Crippen LogP contribution in [0.4, 0.5) is 17.5 Å². The van der Waals surface area contributed by atoms with Gasteiger partial charge < -0.3 is 15.6 Å². The molecule has 0 atom stereocenters. The molecule has 3 N–H and O–H groups in total. The quantitative estimate of drug-likeness (QED) is 0.521. The van der Waals surface area contributed by atoms with Crippen LogP contribution in [-0.2, 0) is 16.3 Å². The minimum atomic E-state index is -3.27. The van der Waals surface area contributed by atoms with Crippen molar-refractivity contribution in [2.45, 2.75) is 11.3 Å². The van der Waals surface area contributed by atoms with E-state index in [2.05, 4.69) is 46.5 Å². The molecule has 10 heteroatoms. The number of rotatable bonds is 7. The number of H-pyrrole nitrogens is 1. The van der Waals surface area contributed by atoms with Crippen molar-refractivity contribution >= 4 is 43.2 Å². The van der Waals surface area contributed by atoms with Crippen LogP contribution in [0.1, 0.15) is 5.69 Å². The Morgan fingerprint density at radius 2 is 2.12 bits per heavy atom. The number of sulfone groups is 1. The minimum absolute atomic E-state index is 0.234. The summed E-state index contributed by atoms with van der Waals surface area (Å²) >= 11 is 3.42. The number of aromatic amines is 1. The number of hydrogen-bond acceptors (Lipinski definition) is 7. The van der Waals surface area contributed by atoms with Gasteiger partial charge in [-0.3, -0.25) is 0 Å². The van der Waals surface area contributed by atoms with E-state index in [0.717, 1.165) is 16.6 Å². The van der Waals surface area contributed by atoms with Crippen LogP contribution < -0.4 is 10.6 Å². The molecule has 0 fully saturated rings. The maximum absolute atomic E-state index is 11.7. The van der Waals surface area contributed by atoms with Crippen LogP contribution in [0.3, 0.4) is 0 Å². The highest BCUT2D eigenvalue weighted by Gasteiger charge is 2.09. The molecule has 2 heterocycles. The average molecular weight is 437 g/mol. The first kappa shape index (κ1) is 18.3. The molecular weight excluding hydrogens is 420 g/mol. The van der Waals surface area contributed by atoms with Crippen LogP contribution in [-0.4, -0.2) is 41.2 Å². The highest BCUT2D eigenvalue weighted by atomic mass is 79.9. The molecule has 0 aliphatic rings. The van der Waals surface area contributed by atoms with Crippen LogP contribution in [0.25, 0.3) is 0 Å². The van der Waals surface area contributed by atoms with Gasteiger partial charge in [-0.2, -0.15) is 4.98 Å². The lowest BCUT2D eigenvalue weighted by Crippen LogP contribution is -2.09. The lowest BCUT2D eigenvalue weighted by molar-refractivity contribution is 0.602. The van der Waals surface area contributed by atoms with Gasteiger partial charge in [0.1, 0.15) is 5.82 Å². The maximum atomic E-state index is 11.7. The number of benzene rings is 1. The normalized spacial score (nSPS) is 11.3. The molecule has 0 saturated heterocycles. The van der Waals surface area contributed by atoms with E-state index in [-0.39, 0.29) is 4.90 Å². The molecular formula is C16H17BrN6O2S. The van der Waals surface area contributed by atoms with Gasteiger partial charge in [-0.15, -0.1) is 0 Å². The zero-order chi connectivity index (χ0) is 18.6. The van der Waals surface area contributed by atoms with E-state index in [1.807, 2.05) is 0 Å². The molecule has 2 aromatic heterocycles. The summed E-state index contributed by atoms with van der Waals surface area (Å²) in [6.45, 7) is 0.667. The Balaban J connectivity index is 1.71. The molecule has 3 rings (SSSR count). The molecule has 0 spiro atoms. The fraction of sp³-hybridized carbons (Fsp3) is 0.188. The van der Waals surface area contributed by atoms with E-state index in [4.69, 9.17) is 0 Å². The van der Waals surface area contributed by atoms with Crippen LogP contribution in [0.15, 0.2) is 52.4 Å². The summed E-state index contributed by atoms with van der Waals surface area (Å²) in [4.78, 5) is 15.9. The van der Waals surface area contributed by atoms with Gasteiger partial charge in [0.2, 0.25) is 5.95 Å². The number of hydrogen-bond donors (Lipinski definition) is 3. The standard InChI is InChI=1S/C16H17BrN6O2S/c1-26(24,25)13-4-2-3-11(7-13)22-16-20-9-14(17)15(23-16)19-6-5-12-8-18-10-21-12/h2-4,7-10H,5-6H2,1H3,(H,18,21)(H2,19,20,22,23). The first-order chi connectivity index (χ1) is 12.4. The number of aromatic nitrogens is 4. The van der Waals surface area contributed by atoms with E-state index < -0.39 is 9.84 Å². The minimum Gasteiger partial charge on any atom is -0.369 e. The Kier molecular flexibility index (Phi) is 5.52. The van der Waals surface area contributed by atoms with Crippen molar-refractivity contribution in [3.05, 3.63) is 53.2 Å². The monoisotopic (exact) mass is 436 g/mol. The van der Waals surface area contributed by atoms with Crippen molar-refractivity contribution in [1.29, 1.82) is 0 Å². The Bertz CT molecular complexity index is 992. The zero-order valence-corrected chi connectivity index (χ0v) is 16.3. The third-order valence-electron chi connectivity index (χ3n) is 3.50. The summed E-state index contributed by atoms with van der Waals surface area (Å²) in [5, 5.41) is 6.26. The molecule has 0 aliphatic carbocycles. The summed E-state index contributed by atoms with van der Waals surface area (Å²) in [5.74, 6) is 1.00. The molecule has 0 radical (unpaired) electrons. The van der Waals surface area contributed by atoms with E-state index in [1.165, 1.54) is 6.26 Å². The van der Waals surface area contributed by atoms with Gasteiger partial charge in [-0.25, -0.2) is 18.4 Å². The highest BCUT2D eigenvalue weighted by molar-refractivity contribution is 9.10. The van der Waals surface area contributed by atoms with Crippen molar-refractivity contribution in [3.8, 4) is 0 Å². The van der Waals surface area contributed by atoms with Gasteiger partial charge in [0.15, 0.2) is 9.84 Å². The Morgan fingerprint density at radius 3 is 2.85 bits per heavy atom. The second kappa shape index (κ2) is 7.83. The average Bonchev–Trinajstić information content (AvgIpc) is 3.11. The molecule has 8 nitrogen and oxygen atoms in total. The lowest BCUT2D eigenvalue weighted by Gasteiger charge is -2.10. The van der Waals surface area contributed by atoms with Gasteiger partial charge in [-0.05, 0) is 34.1 Å². The van der Waals surface area contributed by atoms with E-state index >= 15 is 0 Å². The first-order valence-corrected chi connectivity index (χ1v) is 10.4. The molecule has 0 bridgehead atoms. The molecule has 26 heavy (non-hydrogen) atoms. The van der Waals surface area contributed by atoms with Crippen molar-refractivity contribution in [1.82, 2.24) is 19.9 Å². The van der Waals surface area contributed by atoms with Crippen LogP contribution in [0, 0.1) is 0 Å². The second-order valence-electron chi connectivity index (χ2n) is 5.57. The van der Waals surface area contributed by atoms with Crippen molar-refractivity contribution in [2.75, 3.05) is 23.4 Å². The smallest absolute Gasteiger partial charge is 0.229 e. The van der Waals surface area contributed by atoms with Gasteiger partial charge >= 0.3 is 0 Å². The van der Waals surface area contributed by atoms with Gasteiger partial charge in [-0.1, -0.05) is 6.07 Å². The highest BCUT2D eigenvalue weighted by Crippen LogP contribution is 2.23. The molecule has 0 saturated carbocycles. The zero-order valence-electron chi connectivity index (χ0n) is 13.9. The predicted molar refractivity (Wildman–Crippen MR) is 103 cm³/mol. The maximum Gasteiger partial charge on any atom is 0.229 e. The lowest BCUT2D eigenvalue weighted by atomic mass is 10.3. The fourth-order valence-electron chi connectivity index (χ4n) is 2.22. The molecule has 0 amide bonds. The number of imidazole rings is 1. The van der Waals surface area contributed by atoms with Gasteiger partial charge in [0.05, 0.1) is 15.7 Å².